The monoisotopic (exact) mass is 357 g/mol. The van der Waals surface area contributed by atoms with Crippen molar-refractivity contribution in [2.75, 3.05) is 5.32 Å². The molecule has 0 atom stereocenters. The van der Waals surface area contributed by atoms with Crippen molar-refractivity contribution in [1.82, 2.24) is 19.7 Å². The average Bonchev–Trinajstić information content (AvgIpc) is 3.18. The molecule has 1 amide bonds. The summed E-state index contributed by atoms with van der Waals surface area (Å²) < 4.78 is 1.73. The number of hydrogen-bond acceptors (Lipinski definition) is 5. The summed E-state index contributed by atoms with van der Waals surface area (Å²) in [6, 6.07) is 7.37. The SMILES string of the molecule is O=C(Nc1c2c(nn1-c1cccc(Cl)c1)CSC2)c1cnccn1. The number of nitrogens with zero attached hydrogens (tertiary/aromatic N) is 4. The highest BCUT2D eigenvalue weighted by molar-refractivity contribution is 7.98. The van der Waals surface area contributed by atoms with Gasteiger partial charge < -0.3 is 5.32 Å². The van der Waals surface area contributed by atoms with Crippen LogP contribution in [-0.4, -0.2) is 25.7 Å². The van der Waals surface area contributed by atoms with Gasteiger partial charge in [0.05, 0.1) is 17.6 Å². The Bertz CT molecular complexity index is 912. The predicted octanol–water partition coefficient (Wildman–Crippen LogP) is 3.31. The van der Waals surface area contributed by atoms with Crippen molar-refractivity contribution >= 4 is 35.1 Å². The first-order chi connectivity index (χ1) is 11.7. The molecule has 0 aliphatic carbocycles. The Labute approximate surface area is 147 Å². The van der Waals surface area contributed by atoms with Gasteiger partial charge in [0.1, 0.15) is 11.5 Å². The molecule has 2 aromatic heterocycles. The number of aromatic nitrogens is 4. The topological polar surface area (TPSA) is 72.7 Å². The summed E-state index contributed by atoms with van der Waals surface area (Å²) in [6.45, 7) is 0. The van der Waals surface area contributed by atoms with Crippen LogP contribution < -0.4 is 5.32 Å². The molecule has 1 aliphatic heterocycles. The minimum atomic E-state index is -0.314. The Kier molecular flexibility index (Phi) is 3.95. The second kappa shape index (κ2) is 6.26. The molecule has 0 bridgehead atoms. The largest absolute Gasteiger partial charge is 0.305 e. The van der Waals surface area contributed by atoms with Crippen molar-refractivity contribution in [2.24, 2.45) is 0 Å². The van der Waals surface area contributed by atoms with Crippen molar-refractivity contribution in [3.8, 4) is 5.69 Å². The highest BCUT2D eigenvalue weighted by Gasteiger charge is 2.25. The van der Waals surface area contributed by atoms with Crippen molar-refractivity contribution in [1.29, 1.82) is 0 Å². The van der Waals surface area contributed by atoms with E-state index in [-0.39, 0.29) is 11.6 Å². The van der Waals surface area contributed by atoms with Gasteiger partial charge in [-0.15, -0.1) is 0 Å². The van der Waals surface area contributed by atoms with Gasteiger partial charge in [-0.2, -0.15) is 16.9 Å². The molecule has 4 rings (SSSR count). The molecular formula is C16H12ClN5OS. The number of hydrogen-bond donors (Lipinski definition) is 1. The molecule has 8 heteroatoms. The van der Waals surface area contributed by atoms with Crippen molar-refractivity contribution < 1.29 is 4.79 Å². The molecule has 0 saturated carbocycles. The van der Waals surface area contributed by atoms with Crippen LogP contribution in [0.2, 0.25) is 5.02 Å². The molecule has 24 heavy (non-hydrogen) atoms. The minimum Gasteiger partial charge on any atom is -0.305 e. The number of amides is 1. The summed E-state index contributed by atoms with van der Waals surface area (Å²) in [5.74, 6) is 1.99. The van der Waals surface area contributed by atoms with Crippen LogP contribution in [0.15, 0.2) is 42.9 Å². The Balaban J connectivity index is 1.75. The Morgan fingerprint density at radius 1 is 1.29 bits per heavy atom. The lowest BCUT2D eigenvalue weighted by Gasteiger charge is -2.11. The van der Waals surface area contributed by atoms with E-state index >= 15 is 0 Å². The van der Waals surface area contributed by atoms with Gasteiger partial charge in [0.2, 0.25) is 0 Å². The number of nitrogens with one attached hydrogen (secondary N) is 1. The molecular weight excluding hydrogens is 346 g/mol. The molecule has 0 unspecified atom stereocenters. The van der Waals surface area contributed by atoms with Crippen LogP contribution in [0.3, 0.4) is 0 Å². The second-order valence-electron chi connectivity index (χ2n) is 5.20. The first-order valence-corrected chi connectivity index (χ1v) is 8.77. The van der Waals surface area contributed by atoms with E-state index in [1.165, 1.54) is 18.6 Å². The predicted molar refractivity (Wildman–Crippen MR) is 93.6 cm³/mol. The van der Waals surface area contributed by atoms with E-state index in [9.17, 15) is 4.79 Å². The molecule has 0 spiro atoms. The zero-order valence-corrected chi connectivity index (χ0v) is 14.0. The number of anilines is 1. The van der Waals surface area contributed by atoms with Gasteiger partial charge in [-0.3, -0.25) is 9.78 Å². The molecule has 1 N–H and O–H groups in total. The maximum absolute atomic E-state index is 12.5. The number of benzene rings is 1. The lowest BCUT2D eigenvalue weighted by atomic mass is 10.2. The van der Waals surface area contributed by atoms with E-state index in [2.05, 4.69) is 20.4 Å². The second-order valence-corrected chi connectivity index (χ2v) is 6.63. The summed E-state index contributed by atoms with van der Waals surface area (Å²) >= 11 is 7.86. The van der Waals surface area contributed by atoms with Crippen LogP contribution in [0.4, 0.5) is 5.82 Å². The van der Waals surface area contributed by atoms with Crippen LogP contribution >= 0.6 is 23.4 Å². The van der Waals surface area contributed by atoms with Gasteiger partial charge in [-0.05, 0) is 18.2 Å². The molecule has 0 radical (unpaired) electrons. The molecule has 1 aliphatic rings. The molecule has 120 valence electrons. The van der Waals surface area contributed by atoms with E-state index < -0.39 is 0 Å². The van der Waals surface area contributed by atoms with Crippen molar-refractivity contribution in [3.05, 3.63) is 64.8 Å². The molecule has 0 fully saturated rings. The highest BCUT2D eigenvalue weighted by atomic mass is 35.5. The maximum atomic E-state index is 12.5. The lowest BCUT2D eigenvalue weighted by molar-refractivity contribution is 0.102. The van der Waals surface area contributed by atoms with Crippen LogP contribution in [0, 0.1) is 0 Å². The summed E-state index contributed by atoms with van der Waals surface area (Å²) in [7, 11) is 0. The summed E-state index contributed by atoms with van der Waals surface area (Å²) in [6.07, 6.45) is 4.45. The fourth-order valence-corrected chi connectivity index (χ4v) is 3.74. The Hall–Kier alpha value is -2.38. The minimum absolute atomic E-state index is 0.260. The third kappa shape index (κ3) is 2.76. The first kappa shape index (κ1) is 15.2. The smallest absolute Gasteiger partial charge is 0.277 e. The van der Waals surface area contributed by atoms with Crippen LogP contribution in [0.25, 0.3) is 5.69 Å². The fraction of sp³-hybridized carbons (Fsp3) is 0.125. The number of thioether (sulfide) groups is 1. The molecule has 3 aromatic rings. The highest BCUT2D eigenvalue weighted by Crippen LogP contribution is 2.36. The molecule has 6 nitrogen and oxygen atoms in total. The summed E-state index contributed by atoms with van der Waals surface area (Å²) in [4.78, 5) is 20.4. The number of carbonyl (C=O) groups excluding carboxylic acids is 1. The van der Waals surface area contributed by atoms with E-state index in [0.29, 0.717) is 10.8 Å². The Morgan fingerprint density at radius 3 is 3.00 bits per heavy atom. The van der Waals surface area contributed by atoms with Crippen LogP contribution in [-0.2, 0) is 11.5 Å². The van der Waals surface area contributed by atoms with Gasteiger partial charge in [0.15, 0.2) is 0 Å². The number of carbonyl (C=O) groups is 1. The Morgan fingerprint density at radius 2 is 2.21 bits per heavy atom. The standard InChI is InChI=1S/C16H12ClN5OS/c17-10-2-1-3-11(6-10)22-15(12-8-24-9-14(12)21-22)20-16(23)13-7-18-4-5-19-13/h1-7H,8-9H2,(H,20,23). The van der Waals surface area contributed by atoms with Crippen LogP contribution in [0.5, 0.6) is 0 Å². The number of halogens is 1. The lowest BCUT2D eigenvalue weighted by Crippen LogP contribution is -2.17. The molecule has 0 saturated heterocycles. The molecule has 1 aromatic carbocycles. The van der Waals surface area contributed by atoms with E-state index in [0.717, 1.165) is 28.5 Å². The molecule has 3 heterocycles. The normalized spacial score (nSPS) is 12.9. The van der Waals surface area contributed by atoms with Gasteiger partial charge >= 0.3 is 0 Å². The van der Waals surface area contributed by atoms with E-state index in [1.807, 2.05) is 18.2 Å². The van der Waals surface area contributed by atoms with Gasteiger partial charge in [-0.25, -0.2) is 9.67 Å². The van der Waals surface area contributed by atoms with E-state index in [1.54, 1.807) is 22.5 Å². The van der Waals surface area contributed by atoms with Gasteiger partial charge in [-0.1, -0.05) is 17.7 Å². The maximum Gasteiger partial charge on any atom is 0.277 e. The number of fused-ring (bicyclic) bond motifs is 1. The summed E-state index contributed by atoms with van der Waals surface area (Å²) in [5, 5.41) is 8.18. The third-order valence-corrected chi connectivity index (χ3v) is 4.84. The van der Waals surface area contributed by atoms with Gasteiger partial charge in [0.25, 0.3) is 5.91 Å². The van der Waals surface area contributed by atoms with Crippen LogP contribution in [0.1, 0.15) is 21.7 Å². The average molecular weight is 358 g/mol. The first-order valence-electron chi connectivity index (χ1n) is 7.24. The number of rotatable bonds is 3. The van der Waals surface area contributed by atoms with Crippen molar-refractivity contribution in [2.45, 2.75) is 11.5 Å². The third-order valence-electron chi connectivity index (χ3n) is 3.63. The summed E-state index contributed by atoms with van der Waals surface area (Å²) in [5.41, 5.74) is 3.08. The van der Waals surface area contributed by atoms with Gasteiger partial charge in [0, 0.05) is 34.5 Å². The zero-order valence-electron chi connectivity index (χ0n) is 12.4. The fourth-order valence-electron chi connectivity index (χ4n) is 2.52. The van der Waals surface area contributed by atoms with E-state index in [4.69, 9.17) is 11.6 Å². The quantitative estimate of drug-likeness (QED) is 0.778. The zero-order chi connectivity index (χ0) is 16.5. The van der Waals surface area contributed by atoms with Crippen molar-refractivity contribution in [3.63, 3.8) is 0 Å².